The van der Waals surface area contributed by atoms with E-state index < -0.39 is 0 Å². The first-order chi connectivity index (χ1) is 13.9. The normalized spacial score (nSPS) is 11.6. The Morgan fingerprint density at radius 3 is 2.79 bits per heavy atom. The first-order valence-electron chi connectivity index (χ1n) is 8.70. The second-order valence-electron chi connectivity index (χ2n) is 6.52. The SMILES string of the molecule is c1cc(-c2cncc3[nH]c(-c4[nH]nc5ncc(-c6cn[nH]c6)cc45)cc23)co1. The van der Waals surface area contributed by atoms with E-state index in [1.54, 1.807) is 24.9 Å². The Hall–Kier alpha value is -4.20. The summed E-state index contributed by atoms with van der Waals surface area (Å²) in [5.74, 6) is 0. The zero-order valence-electron chi connectivity index (χ0n) is 14.5. The standard InChI is InChI=1S/C20H13N7O/c1-2-28-10-11(1)16-8-21-9-18-14(16)4-17(25-18)19-15-3-12(13-6-23-24-7-13)5-22-20(15)27-26-19/h1-10,25H,(H,23,24)(H,22,26,27). The molecular formula is C20H13N7O. The molecule has 0 aromatic carbocycles. The highest BCUT2D eigenvalue weighted by atomic mass is 16.3. The molecule has 6 heterocycles. The lowest BCUT2D eigenvalue weighted by molar-refractivity contribution is 0.568. The van der Waals surface area contributed by atoms with Gasteiger partial charge < -0.3 is 9.40 Å². The highest BCUT2D eigenvalue weighted by molar-refractivity contribution is 6.00. The molecule has 0 fully saturated rings. The number of fused-ring (bicyclic) bond motifs is 2. The summed E-state index contributed by atoms with van der Waals surface area (Å²) in [6.07, 6.45) is 12.4. The molecule has 8 nitrogen and oxygen atoms in total. The van der Waals surface area contributed by atoms with Gasteiger partial charge in [0.05, 0.1) is 41.8 Å². The van der Waals surface area contributed by atoms with Crippen molar-refractivity contribution in [3.63, 3.8) is 0 Å². The monoisotopic (exact) mass is 367 g/mol. The van der Waals surface area contributed by atoms with Crippen molar-refractivity contribution in [3.05, 3.63) is 61.7 Å². The average Bonchev–Trinajstić information content (AvgIpc) is 3.53. The van der Waals surface area contributed by atoms with E-state index in [-0.39, 0.29) is 0 Å². The fraction of sp³-hybridized carbons (Fsp3) is 0. The third kappa shape index (κ3) is 2.18. The number of H-pyrrole nitrogens is 3. The van der Waals surface area contributed by atoms with E-state index in [4.69, 9.17) is 4.42 Å². The first-order valence-corrected chi connectivity index (χ1v) is 8.70. The van der Waals surface area contributed by atoms with Crippen molar-refractivity contribution in [1.29, 1.82) is 0 Å². The summed E-state index contributed by atoms with van der Waals surface area (Å²) in [6.45, 7) is 0. The number of nitrogens with one attached hydrogen (secondary N) is 3. The van der Waals surface area contributed by atoms with Crippen LogP contribution in [0.3, 0.4) is 0 Å². The molecule has 6 aromatic rings. The number of nitrogens with zero attached hydrogens (tertiary/aromatic N) is 4. The summed E-state index contributed by atoms with van der Waals surface area (Å²) in [5.41, 5.74) is 7.34. The van der Waals surface area contributed by atoms with Crippen molar-refractivity contribution >= 4 is 21.9 Å². The molecule has 6 aromatic heterocycles. The fourth-order valence-corrected chi connectivity index (χ4v) is 3.51. The molecular weight excluding hydrogens is 354 g/mol. The minimum absolute atomic E-state index is 0.661. The van der Waals surface area contributed by atoms with Crippen LogP contribution in [0.2, 0.25) is 0 Å². The number of hydrogen-bond acceptors (Lipinski definition) is 5. The minimum atomic E-state index is 0.661. The molecule has 0 bridgehead atoms. The van der Waals surface area contributed by atoms with Crippen molar-refractivity contribution in [3.8, 4) is 33.6 Å². The molecule has 0 aliphatic carbocycles. The fourth-order valence-electron chi connectivity index (χ4n) is 3.51. The van der Waals surface area contributed by atoms with Gasteiger partial charge in [-0.25, -0.2) is 4.98 Å². The lowest BCUT2D eigenvalue weighted by atomic mass is 10.1. The second kappa shape index (κ2) is 5.65. The van der Waals surface area contributed by atoms with Gasteiger partial charge in [0.15, 0.2) is 5.65 Å². The zero-order valence-corrected chi connectivity index (χ0v) is 14.5. The van der Waals surface area contributed by atoms with E-state index in [1.807, 2.05) is 24.7 Å². The van der Waals surface area contributed by atoms with Gasteiger partial charge in [-0.15, -0.1) is 0 Å². The second-order valence-corrected chi connectivity index (χ2v) is 6.52. The molecule has 0 saturated carbocycles. The highest BCUT2D eigenvalue weighted by Gasteiger charge is 2.15. The summed E-state index contributed by atoms with van der Waals surface area (Å²) < 4.78 is 5.23. The minimum Gasteiger partial charge on any atom is -0.472 e. The van der Waals surface area contributed by atoms with E-state index in [2.05, 4.69) is 47.5 Å². The van der Waals surface area contributed by atoms with Crippen LogP contribution < -0.4 is 0 Å². The van der Waals surface area contributed by atoms with Crippen LogP contribution in [-0.4, -0.2) is 35.3 Å². The van der Waals surface area contributed by atoms with Crippen LogP contribution in [0.5, 0.6) is 0 Å². The number of aromatic amines is 3. The number of hydrogen-bond donors (Lipinski definition) is 3. The van der Waals surface area contributed by atoms with Crippen LogP contribution in [0.1, 0.15) is 0 Å². The van der Waals surface area contributed by atoms with E-state index >= 15 is 0 Å². The Kier molecular flexibility index (Phi) is 3.01. The summed E-state index contributed by atoms with van der Waals surface area (Å²) in [7, 11) is 0. The van der Waals surface area contributed by atoms with Crippen LogP contribution in [0.15, 0.2) is 66.1 Å². The molecule has 28 heavy (non-hydrogen) atoms. The molecule has 0 amide bonds. The van der Waals surface area contributed by atoms with Crippen LogP contribution in [0, 0.1) is 0 Å². The predicted molar refractivity (Wildman–Crippen MR) is 104 cm³/mol. The molecule has 0 aliphatic rings. The van der Waals surface area contributed by atoms with Gasteiger partial charge in [-0.3, -0.25) is 15.2 Å². The van der Waals surface area contributed by atoms with Gasteiger partial charge in [0.25, 0.3) is 0 Å². The molecule has 0 aliphatic heterocycles. The maximum absolute atomic E-state index is 5.23. The Balaban J connectivity index is 1.55. The molecule has 0 unspecified atom stereocenters. The zero-order chi connectivity index (χ0) is 18.5. The van der Waals surface area contributed by atoms with Crippen molar-refractivity contribution < 1.29 is 4.42 Å². The van der Waals surface area contributed by atoms with E-state index in [1.165, 1.54) is 0 Å². The lowest BCUT2D eigenvalue weighted by Crippen LogP contribution is -1.81. The van der Waals surface area contributed by atoms with Crippen molar-refractivity contribution in [2.45, 2.75) is 0 Å². The Labute approximate surface area is 157 Å². The van der Waals surface area contributed by atoms with Crippen molar-refractivity contribution in [2.75, 3.05) is 0 Å². The summed E-state index contributed by atoms with van der Waals surface area (Å²) in [4.78, 5) is 12.3. The van der Waals surface area contributed by atoms with E-state index in [9.17, 15) is 0 Å². The maximum atomic E-state index is 5.23. The molecule has 134 valence electrons. The quantitative estimate of drug-likeness (QED) is 0.435. The van der Waals surface area contributed by atoms with Gasteiger partial charge in [-0.1, -0.05) is 0 Å². The maximum Gasteiger partial charge on any atom is 0.181 e. The van der Waals surface area contributed by atoms with Gasteiger partial charge in [0.1, 0.15) is 0 Å². The molecule has 0 spiro atoms. The largest absolute Gasteiger partial charge is 0.472 e. The van der Waals surface area contributed by atoms with Crippen LogP contribution in [-0.2, 0) is 0 Å². The molecule has 8 heteroatoms. The summed E-state index contributed by atoms with van der Waals surface area (Å²) in [6, 6.07) is 6.08. The third-order valence-electron chi connectivity index (χ3n) is 4.89. The van der Waals surface area contributed by atoms with Gasteiger partial charge in [-0.05, 0) is 18.2 Å². The highest BCUT2D eigenvalue weighted by Crippen LogP contribution is 2.34. The number of furan rings is 1. The van der Waals surface area contributed by atoms with Crippen LogP contribution in [0.4, 0.5) is 0 Å². The summed E-state index contributed by atoms with van der Waals surface area (Å²) in [5, 5.41) is 16.3. The van der Waals surface area contributed by atoms with Gasteiger partial charge in [0.2, 0.25) is 0 Å². The first kappa shape index (κ1) is 14.9. The Morgan fingerprint density at radius 2 is 1.93 bits per heavy atom. The van der Waals surface area contributed by atoms with E-state index in [0.717, 1.165) is 49.9 Å². The predicted octanol–water partition coefficient (Wildman–Crippen LogP) is 4.15. The molecule has 0 atom stereocenters. The smallest absolute Gasteiger partial charge is 0.181 e. The Bertz CT molecular complexity index is 1410. The average molecular weight is 367 g/mol. The number of rotatable bonds is 3. The third-order valence-corrected chi connectivity index (χ3v) is 4.89. The van der Waals surface area contributed by atoms with Crippen molar-refractivity contribution in [1.82, 2.24) is 35.3 Å². The van der Waals surface area contributed by atoms with Gasteiger partial charge in [-0.2, -0.15) is 10.2 Å². The van der Waals surface area contributed by atoms with Gasteiger partial charge in [0, 0.05) is 51.6 Å². The van der Waals surface area contributed by atoms with Crippen molar-refractivity contribution in [2.24, 2.45) is 0 Å². The van der Waals surface area contributed by atoms with E-state index in [0.29, 0.717) is 5.65 Å². The molecule has 6 rings (SSSR count). The topological polar surface area (TPSA) is 112 Å². The summed E-state index contributed by atoms with van der Waals surface area (Å²) >= 11 is 0. The number of pyridine rings is 2. The number of aromatic nitrogens is 7. The van der Waals surface area contributed by atoms with Crippen LogP contribution in [0.25, 0.3) is 55.6 Å². The van der Waals surface area contributed by atoms with Gasteiger partial charge >= 0.3 is 0 Å². The molecule has 0 radical (unpaired) electrons. The molecule has 3 N–H and O–H groups in total. The Morgan fingerprint density at radius 1 is 0.929 bits per heavy atom. The van der Waals surface area contributed by atoms with Crippen LogP contribution >= 0.6 is 0 Å². The molecule has 0 saturated heterocycles. The lowest BCUT2D eigenvalue weighted by Gasteiger charge is -1.98.